The number of nitrogens with zero attached hydrogens (tertiary/aromatic N) is 1. The van der Waals surface area contributed by atoms with Crippen molar-refractivity contribution in [2.45, 2.75) is 13.5 Å². The van der Waals surface area contributed by atoms with Crippen molar-refractivity contribution in [1.29, 1.82) is 0 Å². The topological polar surface area (TPSA) is 45.2 Å². The van der Waals surface area contributed by atoms with Crippen LogP contribution in [-0.2, 0) is 6.54 Å². The summed E-state index contributed by atoms with van der Waals surface area (Å²) in [5.41, 5.74) is 0.999. The second kappa shape index (κ2) is 4.31. The van der Waals surface area contributed by atoms with Crippen molar-refractivity contribution in [1.82, 2.24) is 4.98 Å². The van der Waals surface area contributed by atoms with Crippen LogP contribution < -0.4 is 5.32 Å². The number of benzene rings is 1. The summed E-state index contributed by atoms with van der Waals surface area (Å²) in [5.74, 6) is 0.286. The van der Waals surface area contributed by atoms with Gasteiger partial charge in [0, 0.05) is 16.8 Å². The van der Waals surface area contributed by atoms with Gasteiger partial charge in [-0.2, -0.15) is 0 Å². The molecule has 1 aromatic heterocycles. The Morgan fingerprint density at radius 1 is 1.33 bits per heavy atom. The Bertz CT molecular complexity index is 436. The molecule has 0 saturated carbocycles. The Labute approximate surface area is 92.4 Å². The van der Waals surface area contributed by atoms with E-state index in [-0.39, 0.29) is 5.75 Å². The Kier molecular flexibility index (Phi) is 2.87. The highest BCUT2D eigenvalue weighted by Crippen LogP contribution is 2.16. The lowest BCUT2D eigenvalue weighted by atomic mass is 10.3. The first-order valence-electron chi connectivity index (χ1n) is 4.68. The SMILES string of the molecule is Cc1ncc(CNc2ccc(O)cc2)s1. The quantitative estimate of drug-likeness (QED) is 0.782. The summed E-state index contributed by atoms with van der Waals surface area (Å²) in [7, 11) is 0. The van der Waals surface area contributed by atoms with Gasteiger partial charge >= 0.3 is 0 Å². The Morgan fingerprint density at radius 3 is 2.67 bits per heavy atom. The average molecular weight is 220 g/mol. The summed E-state index contributed by atoms with van der Waals surface area (Å²) >= 11 is 1.69. The van der Waals surface area contributed by atoms with E-state index < -0.39 is 0 Å². The maximum atomic E-state index is 9.11. The number of hydrogen-bond donors (Lipinski definition) is 2. The minimum Gasteiger partial charge on any atom is -0.508 e. The van der Waals surface area contributed by atoms with Gasteiger partial charge in [0.15, 0.2) is 0 Å². The third-order valence-electron chi connectivity index (χ3n) is 2.00. The van der Waals surface area contributed by atoms with E-state index in [0.717, 1.165) is 17.2 Å². The van der Waals surface area contributed by atoms with Crippen molar-refractivity contribution >= 4 is 17.0 Å². The van der Waals surface area contributed by atoms with Gasteiger partial charge in [-0.05, 0) is 31.2 Å². The summed E-state index contributed by atoms with van der Waals surface area (Å²) in [6, 6.07) is 7.03. The van der Waals surface area contributed by atoms with Gasteiger partial charge in [-0.25, -0.2) is 4.98 Å². The molecule has 0 aliphatic carbocycles. The van der Waals surface area contributed by atoms with E-state index in [9.17, 15) is 0 Å². The van der Waals surface area contributed by atoms with E-state index in [1.165, 1.54) is 4.88 Å². The number of anilines is 1. The van der Waals surface area contributed by atoms with Crippen LogP contribution >= 0.6 is 11.3 Å². The van der Waals surface area contributed by atoms with Gasteiger partial charge in [0.1, 0.15) is 5.75 Å². The van der Waals surface area contributed by atoms with Crippen molar-refractivity contribution in [3.05, 3.63) is 40.3 Å². The highest BCUT2D eigenvalue weighted by atomic mass is 32.1. The molecule has 2 N–H and O–H groups in total. The number of aromatic hydroxyl groups is 1. The lowest BCUT2D eigenvalue weighted by Gasteiger charge is -2.03. The molecule has 2 rings (SSSR count). The minimum absolute atomic E-state index is 0.286. The first-order valence-corrected chi connectivity index (χ1v) is 5.50. The summed E-state index contributed by atoms with van der Waals surface area (Å²) in [6.45, 7) is 2.77. The van der Waals surface area contributed by atoms with Crippen LogP contribution in [0.15, 0.2) is 30.5 Å². The van der Waals surface area contributed by atoms with Crippen LogP contribution in [0.3, 0.4) is 0 Å². The van der Waals surface area contributed by atoms with Crippen LogP contribution in [0.4, 0.5) is 5.69 Å². The van der Waals surface area contributed by atoms with Crippen LogP contribution in [0.2, 0.25) is 0 Å². The molecule has 0 amide bonds. The van der Waals surface area contributed by atoms with E-state index in [2.05, 4.69) is 10.3 Å². The van der Waals surface area contributed by atoms with Crippen molar-refractivity contribution in [2.24, 2.45) is 0 Å². The third-order valence-corrected chi connectivity index (χ3v) is 2.92. The van der Waals surface area contributed by atoms with E-state index in [0.29, 0.717) is 0 Å². The summed E-state index contributed by atoms with van der Waals surface area (Å²) < 4.78 is 0. The van der Waals surface area contributed by atoms with Gasteiger partial charge in [-0.1, -0.05) is 0 Å². The second-order valence-corrected chi connectivity index (χ2v) is 4.57. The van der Waals surface area contributed by atoms with Crippen LogP contribution in [0, 0.1) is 6.92 Å². The number of phenols is 1. The minimum atomic E-state index is 0.286. The number of rotatable bonds is 3. The fourth-order valence-corrected chi connectivity index (χ4v) is 1.99. The fraction of sp³-hybridized carbons (Fsp3) is 0.182. The number of hydrogen-bond acceptors (Lipinski definition) is 4. The molecule has 78 valence electrons. The molecule has 0 unspecified atom stereocenters. The zero-order valence-electron chi connectivity index (χ0n) is 8.40. The van der Waals surface area contributed by atoms with E-state index in [4.69, 9.17) is 5.11 Å². The standard InChI is InChI=1S/C11H12N2OS/c1-8-12-6-11(15-8)7-13-9-2-4-10(14)5-3-9/h2-6,13-14H,7H2,1H3. The Hall–Kier alpha value is -1.55. The fourth-order valence-electron chi connectivity index (χ4n) is 1.26. The summed E-state index contributed by atoms with van der Waals surface area (Å²) in [6.07, 6.45) is 1.88. The van der Waals surface area contributed by atoms with Crippen molar-refractivity contribution in [2.75, 3.05) is 5.32 Å². The third kappa shape index (κ3) is 2.70. The van der Waals surface area contributed by atoms with Gasteiger partial charge < -0.3 is 10.4 Å². The first-order chi connectivity index (χ1) is 7.24. The zero-order chi connectivity index (χ0) is 10.7. The van der Waals surface area contributed by atoms with Gasteiger partial charge in [-0.15, -0.1) is 11.3 Å². The number of aryl methyl sites for hydroxylation is 1. The Morgan fingerprint density at radius 2 is 2.07 bits per heavy atom. The molecule has 0 radical (unpaired) electrons. The van der Waals surface area contributed by atoms with Crippen LogP contribution in [0.25, 0.3) is 0 Å². The van der Waals surface area contributed by atoms with Crippen molar-refractivity contribution < 1.29 is 5.11 Å². The maximum absolute atomic E-state index is 9.11. The number of nitrogens with one attached hydrogen (secondary N) is 1. The van der Waals surface area contributed by atoms with Crippen molar-refractivity contribution in [3.63, 3.8) is 0 Å². The smallest absolute Gasteiger partial charge is 0.115 e. The van der Waals surface area contributed by atoms with Gasteiger partial charge in [0.25, 0.3) is 0 Å². The van der Waals surface area contributed by atoms with Gasteiger partial charge in [0.05, 0.1) is 11.6 Å². The lowest BCUT2D eigenvalue weighted by Crippen LogP contribution is -1.96. The molecule has 0 saturated heterocycles. The number of phenolic OH excluding ortho intramolecular Hbond substituents is 1. The second-order valence-electron chi connectivity index (χ2n) is 3.25. The Balaban J connectivity index is 1.96. The molecule has 0 bridgehead atoms. The summed E-state index contributed by atoms with van der Waals surface area (Å²) in [4.78, 5) is 5.39. The number of aromatic nitrogens is 1. The predicted octanol–water partition coefficient (Wildman–Crippen LogP) is 2.77. The van der Waals surface area contributed by atoms with Crippen LogP contribution in [-0.4, -0.2) is 10.1 Å². The molecular formula is C11H12N2OS. The van der Waals surface area contributed by atoms with E-state index in [1.54, 1.807) is 23.5 Å². The highest BCUT2D eigenvalue weighted by molar-refractivity contribution is 7.11. The maximum Gasteiger partial charge on any atom is 0.115 e. The molecule has 3 nitrogen and oxygen atoms in total. The highest BCUT2D eigenvalue weighted by Gasteiger charge is 1.98. The molecule has 1 heterocycles. The molecule has 0 atom stereocenters. The van der Waals surface area contributed by atoms with Gasteiger partial charge in [0.2, 0.25) is 0 Å². The molecule has 15 heavy (non-hydrogen) atoms. The molecule has 1 aromatic carbocycles. The zero-order valence-corrected chi connectivity index (χ0v) is 9.21. The molecular weight excluding hydrogens is 208 g/mol. The largest absolute Gasteiger partial charge is 0.508 e. The first kappa shape index (κ1) is 9.98. The van der Waals surface area contributed by atoms with Crippen molar-refractivity contribution in [3.8, 4) is 5.75 Å². The predicted molar refractivity (Wildman–Crippen MR) is 62.3 cm³/mol. The van der Waals surface area contributed by atoms with E-state index in [1.807, 2.05) is 25.3 Å². The van der Waals surface area contributed by atoms with Crippen LogP contribution in [0.5, 0.6) is 5.75 Å². The normalized spacial score (nSPS) is 10.2. The van der Waals surface area contributed by atoms with Crippen LogP contribution in [0.1, 0.15) is 9.88 Å². The molecule has 2 aromatic rings. The molecule has 0 aliphatic heterocycles. The molecule has 0 aliphatic rings. The van der Waals surface area contributed by atoms with Gasteiger partial charge in [-0.3, -0.25) is 0 Å². The molecule has 4 heteroatoms. The molecule has 0 spiro atoms. The average Bonchev–Trinajstić information content (AvgIpc) is 2.64. The molecule has 0 fully saturated rings. The lowest BCUT2D eigenvalue weighted by molar-refractivity contribution is 0.475. The van der Waals surface area contributed by atoms with E-state index >= 15 is 0 Å². The number of thiazole rings is 1. The monoisotopic (exact) mass is 220 g/mol. The summed E-state index contributed by atoms with van der Waals surface area (Å²) in [5, 5.41) is 13.5.